The predicted octanol–water partition coefficient (Wildman–Crippen LogP) is 3.97. The molecule has 0 aliphatic heterocycles. The number of benzene rings is 2. The molecule has 146 valence electrons. The summed E-state index contributed by atoms with van der Waals surface area (Å²) in [6.45, 7) is 4.19. The molecular formula is C20H19Cl2N3O3. The highest BCUT2D eigenvalue weighted by molar-refractivity contribution is 6.31. The SMILES string of the molecule is CCN(Cc1nc2cc(Cl)ccc2c(=O)[nH]1)C(=O)COc1ccc(Cl)c(C)c1. The number of hydrogen-bond donors (Lipinski definition) is 1. The number of fused-ring (bicyclic) bond motifs is 1. The first-order chi connectivity index (χ1) is 13.4. The quantitative estimate of drug-likeness (QED) is 0.655. The zero-order chi connectivity index (χ0) is 20.3. The summed E-state index contributed by atoms with van der Waals surface area (Å²) in [6.07, 6.45) is 0. The van der Waals surface area contributed by atoms with Crippen molar-refractivity contribution in [2.75, 3.05) is 13.2 Å². The van der Waals surface area contributed by atoms with Gasteiger partial charge in [0, 0.05) is 16.6 Å². The van der Waals surface area contributed by atoms with Crippen LogP contribution in [0, 0.1) is 6.92 Å². The largest absolute Gasteiger partial charge is 0.484 e. The second-order valence-electron chi connectivity index (χ2n) is 6.28. The molecule has 1 amide bonds. The molecule has 0 aliphatic rings. The van der Waals surface area contributed by atoms with Crippen LogP contribution in [-0.2, 0) is 11.3 Å². The molecule has 0 radical (unpaired) electrons. The minimum absolute atomic E-state index is 0.126. The number of rotatable bonds is 6. The number of aromatic amines is 1. The van der Waals surface area contributed by atoms with E-state index in [1.54, 1.807) is 41.3 Å². The molecule has 0 saturated heterocycles. The van der Waals surface area contributed by atoms with E-state index in [1.807, 2.05) is 13.8 Å². The number of H-pyrrole nitrogens is 1. The Morgan fingerprint density at radius 1 is 1.21 bits per heavy atom. The van der Waals surface area contributed by atoms with Gasteiger partial charge in [-0.25, -0.2) is 4.98 Å². The highest BCUT2D eigenvalue weighted by atomic mass is 35.5. The number of hydrogen-bond acceptors (Lipinski definition) is 4. The number of carbonyl (C=O) groups excluding carboxylic acids is 1. The van der Waals surface area contributed by atoms with E-state index in [9.17, 15) is 9.59 Å². The van der Waals surface area contributed by atoms with E-state index >= 15 is 0 Å². The monoisotopic (exact) mass is 419 g/mol. The van der Waals surface area contributed by atoms with Crippen LogP contribution in [0.5, 0.6) is 5.75 Å². The number of likely N-dealkylation sites (N-methyl/N-ethyl adjacent to an activating group) is 1. The third kappa shape index (κ3) is 4.64. The molecular weight excluding hydrogens is 401 g/mol. The van der Waals surface area contributed by atoms with Crippen molar-refractivity contribution < 1.29 is 9.53 Å². The molecule has 0 unspecified atom stereocenters. The first-order valence-electron chi connectivity index (χ1n) is 8.72. The smallest absolute Gasteiger partial charge is 0.260 e. The molecule has 1 aromatic heterocycles. The highest BCUT2D eigenvalue weighted by Gasteiger charge is 2.15. The van der Waals surface area contributed by atoms with Crippen LogP contribution in [0.2, 0.25) is 10.0 Å². The normalized spacial score (nSPS) is 10.9. The number of aryl methyl sites for hydroxylation is 1. The number of aromatic nitrogens is 2. The van der Waals surface area contributed by atoms with Crippen molar-refractivity contribution in [3.8, 4) is 5.75 Å². The Labute approximate surface area is 172 Å². The minimum Gasteiger partial charge on any atom is -0.484 e. The second kappa shape index (κ2) is 8.63. The van der Waals surface area contributed by atoms with Crippen molar-refractivity contribution in [2.24, 2.45) is 0 Å². The van der Waals surface area contributed by atoms with Gasteiger partial charge in [0.05, 0.1) is 17.4 Å². The van der Waals surface area contributed by atoms with Crippen molar-refractivity contribution in [3.05, 3.63) is 68.2 Å². The van der Waals surface area contributed by atoms with Gasteiger partial charge in [-0.3, -0.25) is 9.59 Å². The third-order valence-electron chi connectivity index (χ3n) is 4.28. The number of amides is 1. The third-order valence-corrected chi connectivity index (χ3v) is 4.94. The number of nitrogens with one attached hydrogen (secondary N) is 1. The van der Waals surface area contributed by atoms with Crippen LogP contribution in [-0.4, -0.2) is 33.9 Å². The summed E-state index contributed by atoms with van der Waals surface area (Å²) in [6, 6.07) is 10.1. The molecule has 0 spiro atoms. The van der Waals surface area contributed by atoms with Gasteiger partial charge in [-0.15, -0.1) is 0 Å². The van der Waals surface area contributed by atoms with Gasteiger partial charge in [0.2, 0.25) is 0 Å². The maximum absolute atomic E-state index is 12.5. The van der Waals surface area contributed by atoms with Gasteiger partial charge in [0.15, 0.2) is 6.61 Å². The molecule has 8 heteroatoms. The molecule has 6 nitrogen and oxygen atoms in total. The summed E-state index contributed by atoms with van der Waals surface area (Å²) in [5, 5.41) is 1.58. The molecule has 0 bridgehead atoms. The fourth-order valence-electron chi connectivity index (χ4n) is 2.74. The number of halogens is 2. The first kappa shape index (κ1) is 20.2. The van der Waals surface area contributed by atoms with Crippen LogP contribution >= 0.6 is 23.2 Å². The molecule has 0 atom stereocenters. The molecule has 0 aliphatic carbocycles. The Hall–Kier alpha value is -2.57. The van der Waals surface area contributed by atoms with Crippen LogP contribution in [0.25, 0.3) is 10.9 Å². The number of ether oxygens (including phenoxy) is 1. The first-order valence-corrected chi connectivity index (χ1v) is 9.48. The fraction of sp³-hybridized carbons (Fsp3) is 0.250. The maximum Gasteiger partial charge on any atom is 0.260 e. The Balaban J connectivity index is 1.72. The second-order valence-corrected chi connectivity index (χ2v) is 7.13. The van der Waals surface area contributed by atoms with Crippen molar-refractivity contribution in [3.63, 3.8) is 0 Å². The summed E-state index contributed by atoms with van der Waals surface area (Å²) in [4.78, 5) is 33.5. The Kier molecular flexibility index (Phi) is 6.21. The lowest BCUT2D eigenvalue weighted by Gasteiger charge is -2.20. The molecule has 0 saturated carbocycles. The highest BCUT2D eigenvalue weighted by Crippen LogP contribution is 2.21. The number of nitrogens with zero attached hydrogens (tertiary/aromatic N) is 2. The lowest BCUT2D eigenvalue weighted by Crippen LogP contribution is -2.35. The number of carbonyl (C=O) groups is 1. The van der Waals surface area contributed by atoms with E-state index in [0.717, 1.165) is 5.56 Å². The summed E-state index contributed by atoms with van der Waals surface area (Å²) in [5.41, 5.74) is 1.09. The summed E-state index contributed by atoms with van der Waals surface area (Å²) in [7, 11) is 0. The van der Waals surface area contributed by atoms with Gasteiger partial charge in [-0.05, 0) is 55.8 Å². The lowest BCUT2D eigenvalue weighted by atomic mass is 10.2. The van der Waals surface area contributed by atoms with E-state index in [1.165, 1.54) is 0 Å². The molecule has 2 aromatic carbocycles. The molecule has 1 N–H and O–H groups in total. The molecule has 1 heterocycles. The molecule has 28 heavy (non-hydrogen) atoms. The van der Waals surface area contributed by atoms with Crippen LogP contribution < -0.4 is 10.3 Å². The maximum atomic E-state index is 12.5. The van der Waals surface area contributed by atoms with Crippen molar-refractivity contribution in [1.82, 2.24) is 14.9 Å². The van der Waals surface area contributed by atoms with Crippen LogP contribution in [0.1, 0.15) is 18.3 Å². The van der Waals surface area contributed by atoms with Gasteiger partial charge in [0.25, 0.3) is 11.5 Å². The van der Waals surface area contributed by atoms with Crippen molar-refractivity contribution >= 4 is 40.0 Å². The van der Waals surface area contributed by atoms with Gasteiger partial charge >= 0.3 is 0 Å². The lowest BCUT2D eigenvalue weighted by molar-refractivity contribution is -0.133. The summed E-state index contributed by atoms with van der Waals surface area (Å²) in [5.74, 6) is 0.736. The van der Waals surface area contributed by atoms with Crippen LogP contribution in [0.4, 0.5) is 0 Å². The molecule has 3 rings (SSSR count). The van der Waals surface area contributed by atoms with Gasteiger partial charge in [0.1, 0.15) is 11.6 Å². The molecule has 3 aromatic rings. The Bertz CT molecular complexity index is 1080. The fourth-order valence-corrected chi connectivity index (χ4v) is 3.02. The average Bonchev–Trinajstić information content (AvgIpc) is 2.66. The van der Waals surface area contributed by atoms with E-state index in [0.29, 0.717) is 39.1 Å². The average molecular weight is 420 g/mol. The minimum atomic E-state index is -0.270. The Morgan fingerprint density at radius 3 is 2.71 bits per heavy atom. The summed E-state index contributed by atoms with van der Waals surface area (Å²) < 4.78 is 5.57. The van der Waals surface area contributed by atoms with E-state index < -0.39 is 0 Å². The summed E-state index contributed by atoms with van der Waals surface area (Å²) >= 11 is 12.0. The van der Waals surface area contributed by atoms with E-state index in [2.05, 4.69) is 9.97 Å². The predicted molar refractivity (Wildman–Crippen MR) is 110 cm³/mol. The van der Waals surface area contributed by atoms with Crippen LogP contribution in [0.3, 0.4) is 0 Å². The van der Waals surface area contributed by atoms with Crippen molar-refractivity contribution in [2.45, 2.75) is 20.4 Å². The van der Waals surface area contributed by atoms with Gasteiger partial charge in [-0.1, -0.05) is 23.2 Å². The van der Waals surface area contributed by atoms with E-state index in [-0.39, 0.29) is 24.6 Å². The zero-order valence-electron chi connectivity index (χ0n) is 15.5. The van der Waals surface area contributed by atoms with Crippen LogP contribution in [0.15, 0.2) is 41.2 Å². The van der Waals surface area contributed by atoms with Gasteiger partial charge in [-0.2, -0.15) is 0 Å². The van der Waals surface area contributed by atoms with E-state index in [4.69, 9.17) is 27.9 Å². The Morgan fingerprint density at radius 2 is 2.00 bits per heavy atom. The topological polar surface area (TPSA) is 75.3 Å². The van der Waals surface area contributed by atoms with Gasteiger partial charge < -0.3 is 14.6 Å². The zero-order valence-corrected chi connectivity index (χ0v) is 17.0. The standard InChI is InChI=1S/C20H19Cl2N3O3/c1-3-25(19(26)11-28-14-5-7-16(22)12(2)8-14)10-18-23-17-9-13(21)4-6-15(17)20(27)24-18/h4-9H,3,10-11H2,1-2H3,(H,23,24,27). The van der Waals surface area contributed by atoms with Crippen molar-refractivity contribution in [1.29, 1.82) is 0 Å². The molecule has 0 fully saturated rings.